The predicted molar refractivity (Wildman–Crippen MR) is 113 cm³/mol. The number of methoxy groups -OCH3 is 2. The Balaban J connectivity index is 1.59. The van der Waals surface area contributed by atoms with E-state index in [0.717, 1.165) is 0 Å². The Labute approximate surface area is 180 Å². The molecule has 0 aliphatic carbocycles. The maximum absolute atomic E-state index is 12.5. The second-order valence-corrected chi connectivity index (χ2v) is 6.88. The summed E-state index contributed by atoms with van der Waals surface area (Å²) in [6.07, 6.45) is 0.0574. The summed E-state index contributed by atoms with van der Waals surface area (Å²) in [4.78, 5) is 38.9. The summed E-state index contributed by atoms with van der Waals surface area (Å²) in [6.45, 7) is 2.67. The minimum atomic E-state index is -0.584. The van der Waals surface area contributed by atoms with Crippen LogP contribution in [0.3, 0.4) is 0 Å². The van der Waals surface area contributed by atoms with Gasteiger partial charge in [0.15, 0.2) is 0 Å². The predicted octanol–water partition coefficient (Wildman–Crippen LogP) is 1.92. The molecule has 1 atom stereocenters. The van der Waals surface area contributed by atoms with Gasteiger partial charge < -0.3 is 19.1 Å². The third-order valence-electron chi connectivity index (χ3n) is 4.87. The van der Waals surface area contributed by atoms with Crippen LogP contribution in [-0.4, -0.2) is 45.1 Å². The highest BCUT2D eigenvalue weighted by Crippen LogP contribution is 2.27. The molecule has 0 radical (unpaired) electrons. The van der Waals surface area contributed by atoms with Crippen LogP contribution in [0.2, 0.25) is 0 Å². The first-order chi connectivity index (χ1) is 14.9. The van der Waals surface area contributed by atoms with Crippen molar-refractivity contribution in [3.8, 4) is 17.2 Å². The molecule has 0 aromatic heterocycles. The lowest BCUT2D eigenvalue weighted by molar-refractivity contribution is -0.126. The first kappa shape index (κ1) is 21.9. The quantitative estimate of drug-likeness (QED) is 0.654. The molecule has 3 rings (SSSR count). The van der Waals surface area contributed by atoms with Gasteiger partial charge in [0, 0.05) is 30.3 Å². The topological polar surface area (TPSA) is 106 Å². The minimum Gasteiger partial charge on any atom is -0.497 e. The van der Waals surface area contributed by atoms with Gasteiger partial charge >= 0.3 is 0 Å². The van der Waals surface area contributed by atoms with Crippen LogP contribution in [0.1, 0.15) is 23.7 Å². The number of hydrogen-bond donors (Lipinski definition) is 2. The molecule has 0 bridgehead atoms. The summed E-state index contributed by atoms with van der Waals surface area (Å²) in [5, 5.41) is 0. The fourth-order valence-electron chi connectivity index (χ4n) is 3.25. The number of nitrogens with zero attached hydrogens (tertiary/aromatic N) is 1. The smallest absolute Gasteiger partial charge is 0.269 e. The monoisotopic (exact) mass is 427 g/mol. The van der Waals surface area contributed by atoms with Crippen LogP contribution in [-0.2, 0) is 9.59 Å². The van der Waals surface area contributed by atoms with Gasteiger partial charge in [-0.3, -0.25) is 25.2 Å². The summed E-state index contributed by atoms with van der Waals surface area (Å²) >= 11 is 0. The standard InChI is InChI=1S/C22H25N3O6/c1-4-31-17-7-5-16(6-8-17)25-13-15(11-20(25)26)22(28)24-23-21(27)14-9-18(29-2)12-19(10-14)30-3/h5-10,12,15H,4,11,13H2,1-3H3,(H,23,27)(H,24,28). The van der Waals surface area contributed by atoms with Crippen molar-refractivity contribution >= 4 is 23.4 Å². The number of hydrazine groups is 1. The molecule has 0 spiro atoms. The molecule has 9 nitrogen and oxygen atoms in total. The number of carbonyl (C=O) groups is 3. The largest absolute Gasteiger partial charge is 0.497 e. The Hall–Kier alpha value is -3.75. The number of ether oxygens (including phenoxy) is 3. The van der Waals surface area contributed by atoms with E-state index in [1.807, 2.05) is 6.92 Å². The molecule has 1 heterocycles. The highest BCUT2D eigenvalue weighted by atomic mass is 16.5. The van der Waals surface area contributed by atoms with Crippen molar-refractivity contribution in [3.05, 3.63) is 48.0 Å². The molecule has 2 N–H and O–H groups in total. The van der Waals surface area contributed by atoms with Crippen LogP contribution < -0.4 is 30.0 Å². The Morgan fingerprint density at radius 3 is 2.23 bits per heavy atom. The van der Waals surface area contributed by atoms with Crippen molar-refractivity contribution in [2.24, 2.45) is 5.92 Å². The van der Waals surface area contributed by atoms with Gasteiger partial charge in [0.1, 0.15) is 17.2 Å². The van der Waals surface area contributed by atoms with Gasteiger partial charge in [-0.25, -0.2) is 0 Å². The van der Waals surface area contributed by atoms with Crippen LogP contribution >= 0.6 is 0 Å². The van der Waals surface area contributed by atoms with Gasteiger partial charge in [0.05, 0.1) is 26.7 Å². The summed E-state index contributed by atoms with van der Waals surface area (Å²) in [5.74, 6) is -0.105. The molecule has 1 aliphatic rings. The van der Waals surface area contributed by atoms with E-state index in [9.17, 15) is 14.4 Å². The molecular formula is C22H25N3O6. The summed E-state index contributed by atoms with van der Waals surface area (Å²) < 4.78 is 15.7. The zero-order valence-electron chi connectivity index (χ0n) is 17.6. The van der Waals surface area contributed by atoms with Crippen molar-refractivity contribution in [2.75, 3.05) is 32.3 Å². The lowest BCUT2D eigenvalue weighted by atomic mass is 10.1. The average molecular weight is 427 g/mol. The van der Waals surface area contributed by atoms with Crippen molar-refractivity contribution in [1.82, 2.24) is 10.9 Å². The van der Waals surface area contributed by atoms with Crippen LogP contribution in [0.5, 0.6) is 17.2 Å². The third-order valence-corrected chi connectivity index (χ3v) is 4.87. The highest BCUT2D eigenvalue weighted by Gasteiger charge is 2.35. The van der Waals surface area contributed by atoms with E-state index in [-0.39, 0.29) is 24.4 Å². The van der Waals surface area contributed by atoms with Gasteiger partial charge in [0.25, 0.3) is 5.91 Å². The van der Waals surface area contributed by atoms with Crippen LogP contribution in [0, 0.1) is 5.92 Å². The van der Waals surface area contributed by atoms with Gasteiger partial charge in [-0.05, 0) is 43.3 Å². The second-order valence-electron chi connectivity index (χ2n) is 6.88. The van der Waals surface area contributed by atoms with E-state index >= 15 is 0 Å². The number of carbonyl (C=O) groups excluding carboxylic acids is 3. The molecular weight excluding hydrogens is 402 g/mol. The first-order valence-corrected chi connectivity index (χ1v) is 9.81. The van der Waals surface area contributed by atoms with E-state index < -0.39 is 17.7 Å². The fourth-order valence-corrected chi connectivity index (χ4v) is 3.25. The molecule has 3 amide bonds. The molecule has 9 heteroatoms. The van der Waals surface area contributed by atoms with E-state index in [1.165, 1.54) is 26.4 Å². The fraction of sp³-hybridized carbons (Fsp3) is 0.318. The van der Waals surface area contributed by atoms with Crippen molar-refractivity contribution in [3.63, 3.8) is 0 Å². The van der Waals surface area contributed by atoms with E-state index in [0.29, 0.717) is 29.5 Å². The Bertz CT molecular complexity index is 938. The molecule has 2 aromatic rings. The van der Waals surface area contributed by atoms with Gasteiger partial charge in [-0.15, -0.1) is 0 Å². The maximum atomic E-state index is 12.5. The van der Waals surface area contributed by atoms with E-state index in [2.05, 4.69) is 10.9 Å². The molecule has 164 valence electrons. The van der Waals surface area contributed by atoms with Crippen LogP contribution in [0.4, 0.5) is 5.69 Å². The number of anilines is 1. The van der Waals surface area contributed by atoms with Crippen LogP contribution in [0.15, 0.2) is 42.5 Å². The highest BCUT2D eigenvalue weighted by molar-refractivity contribution is 6.01. The molecule has 31 heavy (non-hydrogen) atoms. The van der Waals surface area contributed by atoms with Crippen molar-refractivity contribution < 1.29 is 28.6 Å². The Morgan fingerprint density at radius 1 is 1.00 bits per heavy atom. The van der Waals surface area contributed by atoms with Crippen molar-refractivity contribution in [2.45, 2.75) is 13.3 Å². The average Bonchev–Trinajstić information content (AvgIpc) is 3.19. The summed E-state index contributed by atoms with van der Waals surface area (Å²) in [6, 6.07) is 11.8. The maximum Gasteiger partial charge on any atom is 0.269 e. The number of nitrogens with one attached hydrogen (secondary N) is 2. The SMILES string of the molecule is CCOc1ccc(N2CC(C(=O)NNC(=O)c3cc(OC)cc(OC)c3)CC2=O)cc1. The number of hydrogen-bond acceptors (Lipinski definition) is 6. The van der Waals surface area contributed by atoms with Crippen LogP contribution in [0.25, 0.3) is 0 Å². The Kier molecular flexibility index (Phi) is 6.96. The lowest BCUT2D eigenvalue weighted by Gasteiger charge is -2.17. The van der Waals surface area contributed by atoms with Gasteiger partial charge in [0.2, 0.25) is 11.8 Å². The zero-order valence-corrected chi connectivity index (χ0v) is 17.6. The van der Waals surface area contributed by atoms with Gasteiger partial charge in [-0.1, -0.05) is 0 Å². The minimum absolute atomic E-state index is 0.0574. The number of amides is 3. The summed E-state index contributed by atoms with van der Waals surface area (Å²) in [5.41, 5.74) is 5.72. The molecule has 1 unspecified atom stereocenters. The van der Waals surface area contributed by atoms with Crippen molar-refractivity contribution in [1.29, 1.82) is 0 Å². The number of rotatable bonds is 7. The molecule has 1 fully saturated rings. The van der Waals surface area contributed by atoms with E-state index in [1.54, 1.807) is 35.2 Å². The summed E-state index contributed by atoms with van der Waals surface area (Å²) in [7, 11) is 2.96. The second kappa shape index (κ2) is 9.84. The lowest BCUT2D eigenvalue weighted by Crippen LogP contribution is -2.45. The van der Waals surface area contributed by atoms with Gasteiger partial charge in [-0.2, -0.15) is 0 Å². The number of benzene rings is 2. The zero-order chi connectivity index (χ0) is 22.4. The molecule has 0 saturated carbocycles. The normalized spacial score (nSPS) is 15.4. The Morgan fingerprint density at radius 2 is 1.65 bits per heavy atom. The first-order valence-electron chi connectivity index (χ1n) is 9.81. The van der Waals surface area contributed by atoms with E-state index in [4.69, 9.17) is 14.2 Å². The third kappa shape index (κ3) is 5.25. The molecule has 1 saturated heterocycles. The molecule has 2 aromatic carbocycles. The molecule has 1 aliphatic heterocycles.